The van der Waals surface area contributed by atoms with Gasteiger partial charge in [0.05, 0.1) is 6.42 Å². The molecule has 0 spiro atoms. The molecule has 0 bridgehead atoms. The molecule has 0 saturated heterocycles. The third kappa shape index (κ3) is 23.0. The van der Waals surface area contributed by atoms with Crippen molar-refractivity contribution in [1.29, 1.82) is 0 Å². The minimum Gasteiger partial charge on any atom is -0.481 e. The van der Waals surface area contributed by atoms with Gasteiger partial charge in [0.15, 0.2) is 0 Å². The van der Waals surface area contributed by atoms with Crippen LogP contribution in [-0.2, 0) is 9.36 Å². The van der Waals surface area contributed by atoms with E-state index in [4.69, 9.17) is 14.9 Å². The molecule has 0 radical (unpaired) electrons. The predicted octanol–water partition coefficient (Wildman–Crippen LogP) is 0.955. The summed E-state index contributed by atoms with van der Waals surface area (Å²) in [7, 11) is -3.88. The van der Waals surface area contributed by atoms with E-state index < -0.39 is 13.6 Å². The smallest absolute Gasteiger partial charge is 0.348 e. The molecule has 3 N–H and O–H groups in total. The van der Waals surface area contributed by atoms with Gasteiger partial charge in [-0.3, -0.25) is 9.36 Å². The summed E-state index contributed by atoms with van der Waals surface area (Å²) in [6, 6.07) is 0. The van der Waals surface area contributed by atoms with Crippen LogP contribution < -0.4 is 0 Å². The van der Waals surface area contributed by atoms with Crippen molar-refractivity contribution in [3.8, 4) is 0 Å². The fraction of sp³-hybridized carbons (Fsp3) is 0.167. The zero-order chi connectivity index (χ0) is 10.2. The van der Waals surface area contributed by atoms with E-state index in [2.05, 4.69) is 13.2 Å². The molecule has 0 unspecified atom stereocenters. The summed E-state index contributed by atoms with van der Waals surface area (Å²) in [6.07, 6.45) is 1.41. The average Bonchev–Trinajstić information content (AvgIpc) is 1.87. The van der Waals surface area contributed by atoms with Gasteiger partial charge < -0.3 is 14.9 Å². The van der Waals surface area contributed by atoms with Crippen molar-refractivity contribution in [3.63, 3.8) is 0 Å². The molecule has 5 nitrogen and oxygen atoms in total. The lowest BCUT2D eigenvalue weighted by Gasteiger charge is -1.87. The lowest BCUT2D eigenvalue weighted by molar-refractivity contribution is -0.135. The molecule has 0 aliphatic rings. The van der Waals surface area contributed by atoms with Gasteiger partial charge in [0.2, 0.25) is 0 Å². The molecule has 12 heavy (non-hydrogen) atoms. The summed E-state index contributed by atoms with van der Waals surface area (Å²) >= 11 is 0. The number of carbonyl (C=O) groups is 1. The van der Waals surface area contributed by atoms with E-state index in [1.165, 1.54) is 6.08 Å². The average molecular weight is 194 g/mol. The Balaban J connectivity index is 0. The Labute approximate surface area is 70.2 Å². The quantitative estimate of drug-likeness (QED) is 0.459. The Hall–Kier alpha value is -0.900. The first-order valence-electron chi connectivity index (χ1n) is 2.85. The maximum Gasteiger partial charge on any atom is 0.348 e. The van der Waals surface area contributed by atoms with Crippen LogP contribution in [0.4, 0.5) is 0 Å². The Kier molecular flexibility index (Phi) is 7.73. The Morgan fingerprint density at radius 2 is 1.75 bits per heavy atom. The van der Waals surface area contributed by atoms with Crippen LogP contribution in [0.25, 0.3) is 0 Å². The molecule has 0 rings (SSSR count). The lowest BCUT2D eigenvalue weighted by Crippen LogP contribution is -1.88. The fourth-order valence-corrected chi connectivity index (χ4v) is 0.123. The molecule has 70 valence electrons. The SMILES string of the molecule is C=CCC(=O)O.C=CP(=O)(O)O. The van der Waals surface area contributed by atoms with Crippen molar-refractivity contribution in [2.24, 2.45) is 0 Å². The molecule has 0 heterocycles. The van der Waals surface area contributed by atoms with Crippen LogP contribution >= 0.6 is 7.60 Å². The summed E-state index contributed by atoms with van der Waals surface area (Å²) in [6.45, 7) is 6.09. The van der Waals surface area contributed by atoms with Gasteiger partial charge in [-0.05, 0) is 0 Å². The van der Waals surface area contributed by atoms with Crippen molar-refractivity contribution in [2.45, 2.75) is 6.42 Å². The zero-order valence-corrected chi connectivity index (χ0v) is 7.28. The van der Waals surface area contributed by atoms with Crippen LogP contribution in [0.5, 0.6) is 0 Å². The summed E-state index contributed by atoms with van der Waals surface area (Å²) in [5.41, 5.74) is 0. The highest BCUT2D eigenvalue weighted by Crippen LogP contribution is 2.34. The molecular formula is C6H11O5P. The van der Waals surface area contributed by atoms with Crippen LogP contribution in [0.3, 0.4) is 0 Å². The van der Waals surface area contributed by atoms with E-state index in [0.717, 1.165) is 0 Å². The van der Waals surface area contributed by atoms with E-state index in [-0.39, 0.29) is 6.42 Å². The number of hydrogen-bond donors (Lipinski definition) is 3. The molecule has 0 aromatic rings. The fourth-order valence-electron chi connectivity index (χ4n) is 0.123. The van der Waals surface area contributed by atoms with Gasteiger partial charge in [-0.25, -0.2) is 0 Å². The van der Waals surface area contributed by atoms with Crippen molar-refractivity contribution >= 4 is 13.6 Å². The first-order valence-corrected chi connectivity index (χ1v) is 4.53. The summed E-state index contributed by atoms with van der Waals surface area (Å²) < 4.78 is 9.58. The second kappa shape index (κ2) is 6.79. The van der Waals surface area contributed by atoms with Crippen molar-refractivity contribution in [1.82, 2.24) is 0 Å². The highest BCUT2D eigenvalue weighted by Gasteiger charge is 2.00. The molecule has 0 atom stereocenters. The Morgan fingerprint density at radius 3 is 1.75 bits per heavy atom. The number of carboxylic acids is 1. The summed E-state index contributed by atoms with van der Waals surface area (Å²) in [4.78, 5) is 25.2. The number of aliphatic carboxylic acids is 1. The number of hydrogen-bond acceptors (Lipinski definition) is 2. The molecule has 0 aromatic carbocycles. The maximum absolute atomic E-state index is 9.58. The van der Waals surface area contributed by atoms with E-state index in [1.807, 2.05) is 0 Å². The highest BCUT2D eigenvalue weighted by molar-refractivity contribution is 7.55. The Bertz CT molecular complexity index is 204. The van der Waals surface area contributed by atoms with Crippen LogP contribution in [-0.4, -0.2) is 20.9 Å². The van der Waals surface area contributed by atoms with E-state index in [9.17, 15) is 9.36 Å². The minimum atomic E-state index is -3.88. The van der Waals surface area contributed by atoms with Gasteiger partial charge in [0.25, 0.3) is 0 Å². The standard InChI is InChI=1S/C4H6O2.C2H5O3P/c1-2-3-4(5)6;1-2-6(3,4)5/h2H,1,3H2,(H,5,6);2H,1H2,(H2,3,4,5). The van der Waals surface area contributed by atoms with Crippen LogP contribution in [0.2, 0.25) is 0 Å². The molecule has 0 saturated carbocycles. The lowest BCUT2D eigenvalue weighted by atomic mass is 10.4. The second-order valence-corrected chi connectivity index (χ2v) is 3.20. The normalized spacial score (nSPS) is 9.17. The van der Waals surface area contributed by atoms with Crippen molar-refractivity contribution in [2.75, 3.05) is 0 Å². The third-order valence-corrected chi connectivity index (χ3v) is 1.03. The zero-order valence-electron chi connectivity index (χ0n) is 6.38. The van der Waals surface area contributed by atoms with Crippen LogP contribution in [0, 0.1) is 0 Å². The molecule has 0 fully saturated rings. The summed E-state index contributed by atoms with van der Waals surface area (Å²) in [5, 5.41) is 7.84. The molecule has 0 amide bonds. The third-order valence-electron chi connectivity index (χ3n) is 0.557. The van der Waals surface area contributed by atoms with Gasteiger partial charge in [-0.1, -0.05) is 12.7 Å². The van der Waals surface area contributed by atoms with E-state index >= 15 is 0 Å². The first-order chi connectivity index (χ1) is 5.33. The van der Waals surface area contributed by atoms with Gasteiger partial charge >= 0.3 is 13.6 Å². The van der Waals surface area contributed by atoms with E-state index in [0.29, 0.717) is 5.82 Å². The van der Waals surface area contributed by atoms with Gasteiger partial charge in [-0.2, -0.15) is 0 Å². The molecular weight excluding hydrogens is 183 g/mol. The van der Waals surface area contributed by atoms with Gasteiger partial charge in [-0.15, -0.1) is 6.58 Å². The molecule has 0 aromatic heterocycles. The predicted molar refractivity (Wildman–Crippen MR) is 44.7 cm³/mol. The topological polar surface area (TPSA) is 94.8 Å². The molecule has 6 heteroatoms. The van der Waals surface area contributed by atoms with Crippen LogP contribution in [0.1, 0.15) is 6.42 Å². The Morgan fingerprint density at radius 1 is 1.42 bits per heavy atom. The molecule has 0 aliphatic carbocycles. The summed E-state index contributed by atoms with van der Waals surface area (Å²) in [5.74, 6) is -0.225. The minimum absolute atomic E-state index is 0.0556. The van der Waals surface area contributed by atoms with Crippen LogP contribution in [0.15, 0.2) is 25.1 Å². The largest absolute Gasteiger partial charge is 0.481 e. The van der Waals surface area contributed by atoms with E-state index in [1.54, 1.807) is 0 Å². The van der Waals surface area contributed by atoms with Gasteiger partial charge in [0, 0.05) is 5.82 Å². The maximum atomic E-state index is 9.58. The van der Waals surface area contributed by atoms with Crippen molar-refractivity contribution in [3.05, 3.63) is 25.1 Å². The molecule has 0 aliphatic heterocycles. The first kappa shape index (κ1) is 13.7. The van der Waals surface area contributed by atoms with Crippen molar-refractivity contribution < 1.29 is 24.3 Å². The van der Waals surface area contributed by atoms with Gasteiger partial charge in [0.1, 0.15) is 0 Å². The monoisotopic (exact) mass is 194 g/mol. The highest BCUT2D eigenvalue weighted by atomic mass is 31.2. The number of carboxylic acid groups (broad SMARTS) is 1. The number of rotatable bonds is 3. The second-order valence-electron chi connectivity index (χ2n) is 1.66.